The third-order valence-corrected chi connectivity index (χ3v) is 8.24. The Kier molecular flexibility index (Phi) is 7.87. The summed E-state index contributed by atoms with van der Waals surface area (Å²) in [7, 11) is 0. The zero-order valence-corrected chi connectivity index (χ0v) is 22.7. The van der Waals surface area contributed by atoms with Crippen LogP contribution in [0.15, 0.2) is 85.3 Å². The normalized spacial score (nSPS) is 16.2. The lowest BCUT2D eigenvalue weighted by atomic mass is 9.92. The van der Waals surface area contributed by atoms with Gasteiger partial charge in [0.15, 0.2) is 0 Å². The Morgan fingerprint density at radius 3 is 2.42 bits per heavy atom. The van der Waals surface area contributed by atoms with E-state index in [0.29, 0.717) is 6.04 Å². The second kappa shape index (κ2) is 12.0. The number of nitrogens with zero attached hydrogens (tertiary/aromatic N) is 2. The summed E-state index contributed by atoms with van der Waals surface area (Å²) in [6, 6.07) is 19.1. The minimum Gasteiger partial charge on any atom is -0.360 e. The van der Waals surface area contributed by atoms with Gasteiger partial charge in [0.1, 0.15) is 5.82 Å². The predicted octanol–water partition coefficient (Wildman–Crippen LogP) is 6.89. The molecule has 0 bridgehead atoms. The van der Waals surface area contributed by atoms with Crippen molar-refractivity contribution >= 4 is 11.5 Å². The molecule has 1 fully saturated rings. The first-order valence-corrected chi connectivity index (χ1v) is 14.3. The highest BCUT2D eigenvalue weighted by Gasteiger charge is 2.21. The Hall–Kier alpha value is -4.03. The number of pyridine rings is 1. The Labute approximate surface area is 235 Å². The molecule has 1 saturated carbocycles. The van der Waals surface area contributed by atoms with Crippen molar-refractivity contribution < 1.29 is 9.18 Å². The zero-order chi connectivity index (χ0) is 27.3. The van der Waals surface area contributed by atoms with Crippen LogP contribution in [0, 0.1) is 5.82 Å². The number of hydrogen-bond donors (Lipinski definition) is 2. The number of H-pyrrole nitrogens is 1. The lowest BCUT2D eigenvalue weighted by Gasteiger charge is -2.26. The predicted molar refractivity (Wildman–Crippen MR) is 158 cm³/mol. The lowest BCUT2D eigenvalue weighted by molar-refractivity contribution is 0.0938. The van der Waals surface area contributed by atoms with Crippen LogP contribution in [0.3, 0.4) is 0 Å². The molecule has 0 saturated heterocycles. The fourth-order valence-corrected chi connectivity index (χ4v) is 5.95. The average molecular weight is 535 g/mol. The van der Waals surface area contributed by atoms with Gasteiger partial charge in [-0.05, 0) is 96.5 Å². The Morgan fingerprint density at radius 2 is 1.73 bits per heavy atom. The van der Waals surface area contributed by atoms with E-state index < -0.39 is 0 Å². The molecule has 204 valence electrons. The molecule has 1 aliphatic heterocycles. The topological polar surface area (TPSA) is 61.0 Å². The highest BCUT2D eigenvalue weighted by molar-refractivity contribution is 5.94. The number of halogens is 1. The summed E-state index contributed by atoms with van der Waals surface area (Å²) < 4.78 is 13.6. The van der Waals surface area contributed by atoms with E-state index in [4.69, 9.17) is 0 Å². The second-order valence-corrected chi connectivity index (χ2v) is 10.9. The highest BCUT2D eigenvalue weighted by atomic mass is 19.1. The minimum absolute atomic E-state index is 0.0469. The lowest BCUT2D eigenvalue weighted by Crippen LogP contribution is -2.32. The fourth-order valence-electron chi connectivity index (χ4n) is 5.95. The number of rotatable bonds is 8. The maximum Gasteiger partial charge on any atom is 0.251 e. The molecule has 5 nitrogen and oxygen atoms in total. The van der Waals surface area contributed by atoms with Gasteiger partial charge in [0, 0.05) is 61.0 Å². The Bertz CT molecular complexity index is 1470. The molecule has 2 aromatic heterocycles. The van der Waals surface area contributed by atoms with Gasteiger partial charge in [0.25, 0.3) is 5.91 Å². The van der Waals surface area contributed by atoms with Gasteiger partial charge in [-0.1, -0.05) is 31.1 Å². The van der Waals surface area contributed by atoms with Crippen LogP contribution >= 0.6 is 0 Å². The standard InChI is InChI=1S/C34H35FN4O/c35-29-11-9-27(10-12-29)33-32(26-13-18-36-19-14-26)31(23-37-33)25-16-21-39(22-17-25)20-15-24-5-7-28(8-6-24)34(40)38-30-3-1-2-4-30/h5-14,16,18-19,23,30,37H,1-4,15,17,20-22H2,(H,38,40). The van der Waals surface area contributed by atoms with Crippen molar-refractivity contribution in [3.63, 3.8) is 0 Å². The van der Waals surface area contributed by atoms with Gasteiger partial charge in [0.2, 0.25) is 0 Å². The molecule has 6 rings (SSSR count). The second-order valence-electron chi connectivity index (χ2n) is 10.9. The van der Waals surface area contributed by atoms with E-state index in [1.807, 2.05) is 48.8 Å². The van der Waals surface area contributed by atoms with Crippen LogP contribution in [0.25, 0.3) is 28.0 Å². The van der Waals surface area contributed by atoms with E-state index >= 15 is 0 Å². The number of carbonyl (C=O) groups excluding carboxylic acids is 1. The molecule has 0 radical (unpaired) electrons. The van der Waals surface area contributed by atoms with Crippen LogP contribution in [0.1, 0.15) is 53.6 Å². The zero-order valence-electron chi connectivity index (χ0n) is 22.7. The summed E-state index contributed by atoms with van der Waals surface area (Å²) in [6.07, 6.45) is 14.6. The molecule has 2 N–H and O–H groups in total. The Balaban J connectivity index is 1.11. The van der Waals surface area contributed by atoms with Crippen LogP contribution in [-0.4, -0.2) is 46.5 Å². The summed E-state index contributed by atoms with van der Waals surface area (Å²) in [5.74, 6) is -0.192. The number of benzene rings is 2. The maximum absolute atomic E-state index is 13.6. The van der Waals surface area contributed by atoms with Gasteiger partial charge in [0.05, 0.1) is 5.69 Å². The van der Waals surface area contributed by atoms with Crippen LogP contribution in [0.2, 0.25) is 0 Å². The van der Waals surface area contributed by atoms with E-state index in [1.54, 1.807) is 0 Å². The summed E-state index contributed by atoms with van der Waals surface area (Å²) in [5, 5.41) is 3.17. The van der Waals surface area contributed by atoms with Gasteiger partial charge in [-0.25, -0.2) is 4.39 Å². The van der Waals surface area contributed by atoms with Crippen molar-refractivity contribution in [1.29, 1.82) is 0 Å². The summed E-state index contributed by atoms with van der Waals surface area (Å²) in [6.45, 7) is 2.85. The summed E-state index contributed by atoms with van der Waals surface area (Å²) in [5.41, 5.74) is 8.69. The molecule has 0 unspecified atom stereocenters. The molecule has 4 aromatic rings. The van der Waals surface area contributed by atoms with Crippen LogP contribution in [-0.2, 0) is 6.42 Å². The van der Waals surface area contributed by atoms with E-state index in [9.17, 15) is 9.18 Å². The van der Waals surface area contributed by atoms with Gasteiger partial charge in [-0.3, -0.25) is 14.7 Å². The number of amides is 1. The van der Waals surface area contributed by atoms with E-state index in [-0.39, 0.29) is 11.7 Å². The molecule has 0 atom stereocenters. The third-order valence-electron chi connectivity index (χ3n) is 8.24. The number of nitrogens with one attached hydrogen (secondary N) is 2. The van der Waals surface area contributed by atoms with Crippen molar-refractivity contribution in [2.45, 2.75) is 44.6 Å². The van der Waals surface area contributed by atoms with E-state index in [0.717, 1.165) is 73.3 Å². The van der Waals surface area contributed by atoms with Crippen molar-refractivity contribution in [2.75, 3.05) is 19.6 Å². The molecular weight excluding hydrogens is 499 g/mol. The van der Waals surface area contributed by atoms with Crippen molar-refractivity contribution in [2.24, 2.45) is 0 Å². The summed E-state index contributed by atoms with van der Waals surface area (Å²) in [4.78, 5) is 22.7. The third kappa shape index (κ3) is 5.92. The molecule has 2 aliphatic rings. The van der Waals surface area contributed by atoms with Crippen LogP contribution < -0.4 is 5.32 Å². The number of aromatic nitrogens is 2. The minimum atomic E-state index is -0.239. The molecule has 1 amide bonds. The van der Waals surface area contributed by atoms with Crippen molar-refractivity contribution in [1.82, 2.24) is 20.2 Å². The van der Waals surface area contributed by atoms with E-state index in [2.05, 4.69) is 44.6 Å². The monoisotopic (exact) mass is 534 g/mol. The van der Waals surface area contributed by atoms with Crippen molar-refractivity contribution in [3.05, 3.63) is 108 Å². The van der Waals surface area contributed by atoms with Crippen molar-refractivity contribution in [3.8, 4) is 22.4 Å². The first-order valence-electron chi connectivity index (χ1n) is 14.3. The molecule has 0 spiro atoms. The molecule has 3 heterocycles. The highest BCUT2D eigenvalue weighted by Crippen LogP contribution is 2.39. The molecule has 6 heteroatoms. The molecule has 1 aliphatic carbocycles. The van der Waals surface area contributed by atoms with Crippen LogP contribution in [0.4, 0.5) is 4.39 Å². The molecular formula is C34H35FN4O. The molecule has 2 aromatic carbocycles. The SMILES string of the molecule is O=C(NC1CCCC1)c1ccc(CCN2CC=C(c3c[nH]c(-c4ccc(F)cc4)c3-c3ccncc3)CC2)cc1. The number of hydrogen-bond acceptors (Lipinski definition) is 3. The first kappa shape index (κ1) is 26.2. The Morgan fingerprint density at radius 1 is 0.975 bits per heavy atom. The quantitative estimate of drug-likeness (QED) is 0.259. The van der Waals surface area contributed by atoms with Gasteiger partial charge >= 0.3 is 0 Å². The van der Waals surface area contributed by atoms with Gasteiger partial charge in [-0.15, -0.1) is 0 Å². The summed E-state index contributed by atoms with van der Waals surface area (Å²) >= 11 is 0. The van der Waals surface area contributed by atoms with Gasteiger partial charge in [-0.2, -0.15) is 0 Å². The first-order chi connectivity index (χ1) is 19.6. The smallest absolute Gasteiger partial charge is 0.251 e. The van der Waals surface area contributed by atoms with Gasteiger partial charge < -0.3 is 10.3 Å². The largest absolute Gasteiger partial charge is 0.360 e. The maximum atomic E-state index is 13.6. The van der Waals surface area contributed by atoms with Crippen LogP contribution in [0.5, 0.6) is 0 Å². The average Bonchev–Trinajstić information content (AvgIpc) is 3.68. The fraction of sp³-hybridized carbons (Fsp3) is 0.294. The number of carbonyl (C=O) groups is 1. The van der Waals surface area contributed by atoms with E-state index in [1.165, 1.54) is 41.7 Å². The number of aromatic amines is 1. The molecule has 40 heavy (non-hydrogen) atoms.